The molecule has 0 aliphatic rings. The molecule has 0 bridgehead atoms. The van der Waals surface area contributed by atoms with Crippen molar-refractivity contribution in [2.45, 2.75) is 0 Å². The third-order valence-corrected chi connectivity index (χ3v) is 2.48. The summed E-state index contributed by atoms with van der Waals surface area (Å²) >= 11 is 5.16. The molecule has 0 saturated carbocycles. The zero-order valence-corrected chi connectivity index (χ0v) is 7.56. The summed E-state index contributed by atoms with van der Waals surface area (Å²) in [6.45, 7) is 0. The Hall–Kier alpha value is -1.55. The van der Waals surface area contributed by atoms with Gasteiger partial charge in [-0.1, -0.05) is 12.1 Å². The molecular formula is C9H7N3S. The average Bonchev–Trinajstić information content (AvgIpc) is 2.66. The van der Waals surface area contributed by atoms with Gasteiger partial charge in [0.1, 0.15) is 5.65 Å². The molecule has 4 heteroatoms. The molecule has 0 fully saturated rings. The van der Waals surface area contributed by atoms with Crippen LogP contribution in [0.5, 0.6) is 0 Å². The minimum atomic E-state index is 0.729. The molecule has 1 aromatic carbocycles. The number of rotatable bonds is 0. The quantitative estimate of drug-likeness (QED) is 0.524. The minimum absolute atomic E-state index is 0.729. The molecule has 0 spiro atoms. The van der Waals surface area contributed by atoms with E-state index in [0.717, 1.165) is 21.5 Å². The van der Waals surface area contributed by atoms with Gasteiger partial charge in [-0.2, -0.15) is 0 Å². The number of H-pyrrole nitrogens is 2. The molecule has 0 saturated heterocycles. The molecule has 2 aromatic heterocycles. The van der Waals surface area contributed by atoms with E-state index in [4.69, 9.17) is 12.2 Å². The number of fused-ring (bicyclic) bond motifs is 3. The first-order valence-corrected chi connectivity index (χ1v) is 4.44. The fraction of sp³-hybridized carbons (Fsp3) is 0. The van der Waals surface area contributed by atoms with Crippen molar-refractivity contribution in [1.29, 1.82) is 0 Å². The van der Waals surface area contributed by atoms with Crippen LogP contribution in [0.25, 0.3) is 16.7 Å². The molecule has 0 aliphatic heterocycles. The molecule has 3 rings (SSSR count). The molecule has 2 heterocycles. The number of imidazole rings is 2. The lowest BCUT2D eigenvalue weighted by Crippen LogP contribution is -1.78. The largest absolute Gasteiger partial charge is 0.338 e. The smallest absolute Gasteiger partial charge is 0.183 e. The first-order valence-electron chi connectivity index (χ1n) is 4.03. The fourth-order valence-corrected chi connectivity index (χ4v) is 1.87. The highest BCUT2D eigenvalue weighted by molar-refractivity contribution is 7.71. The molecule has 3 nitrogen and oxygen atoms in total. The Labute approximate surface area is 79.0 Å². The minimum Gasteiger partial charge on any atom is -0.338 e. The van der Waals surface area contributed by atoms with Crippen molar-refractivity contribution >= 4 is 28.9 Å². The summed E-state index contributed by atoms with van der Waals surface area (Å²) in [5.74, 6) is 0. The van der Waals surface area contributed by atoms with Crippen LogP contribution in [0, 0.1) is 4.77 Å². The zero-order chi connectivity index (χ0) is 8.84. The number of para-hydroxylation sites is 2. The monoisotopic (exact) mass is 189 g/mol. The van der Waals surface area contributed by atoms with Gasteiger partial charge in [0.25, 0.3) is 0 Å². The third kappa shape index (κ3) is 0.805. The van der Waals surface area contributed by atoms with E-state index >= 15 is 0 Å². The summed E-state index contributed by atoms with van der Waals surface area (Å²) in [5.41, 5.74) is 3.23. The lowest BCUT2D eigenvalue weighted by atomic mass is 10.3. The van der Waals surface area contributed by atoms with Crippen molar-refractivity contribution in [1.82, 2.24) is 14.4 Å². The second-order valence-electron chi connectivity index (χ2n) is 2.96. The molecular weight excluding hydrogens is 182 g/mol. The van der Waals surface area contributed by atoms with Crippen LogP contribution in [0.1, 0.15) is 0 Å². The standard InChI is InChI=1S/C9H7N3S/c13-9-10-5-8-11-6-3-1-2-4-7(6)12(8)9/h1-5,11H,(H,10,13). The number of hydrogen-bond donors (Lipinski definition) is 2. The molecule has 0 atom stereocenters. The second kappa shape index (κ2) is 2.23. The third-order valence-electron chi connectivity index (χ3n) is 2.18. The summed E-state index contributed by atoms with van der Waals surface area (Å²) < 4.78 is 2.72. The van der Waals surface area contributed by atoms with Gasteiger partial charge in [0.15, 0.2) is 4.77 Å². The summed E-state index contributed by atoms with van der Waals surface area (Å²) in [5, 5.41) is 0. The number of aromatic amines is 2. The molecule has 13 heavy (non-hydrogen) atoms. The van der Waals surface area contributed by atoms with Crippen LogP contribution in [0.2, 0.25) is 0 Å². The summed E-state index contributed by atoms with van der Waals surface area (Å²) in [6, 6.07) is 8.09. The van der Waals surface area contributed by atoms with Gasteiger partial charge in [0.2, 0.25) is 0 Å². The lowest BCUT2D eigenvalue weighted by molar-refractivity contribution is 1.18. The number of hydrogen-bond acceptors (Lipinski definition) is 1. The molecule has 0 aliphatic carbocycles. The molecule has 64 valence electrons. The molecule has 0 amide bonds. The van der Waals surface area contributed by atoms with E-state index in [2.05, 4.69) is 9.97 Å². The van der Waals surface area contributed by atoms with Crippen LogP contribution in [-0.2, 0) is 0 Å². The highest BCUT2D eigenvalue weighted by Gasteiger charge is 2.02. The van der Waals surface area contributed by atoms with Crippen LogP contribution >= 0.6 is 12.2 Å². The highest BCUT2D eigenvalue weighted by atomic mass is 32.1. The van der Waals surface area contributed by atoms with E-state index < -0.39 is 0 Å². The van der Waals surface area contributed by atoms with Crippen LogP contribution in [-0.4, -0.2) is 14.4 Å². The van der Waals surface area contributed by atoms with Crippen molar-refractivity contribution < 1.29 is 0 Å². The topological polar surface area (TPSA) is 36.0 Å². The lowest BCUT2D eigenvalue weighted by Gasteiger charge is -1.87. The van der Waals surface area contributed by atoms with Gasteiger partial charge in [-0.3, -0.25) is 4.40 Å². The number of nitrogens with zero attached hydrogens (tertiary/aromatic N) is 1. The Balaban J connectivity index is 2.75. The first kappa shape index (κ1) is 6.91. The Bertz CT molecular complexity index is 629. The van der Waals surface area contributed by atoms with Gasteiger partial charge in [0.05, 0.1) is 11.0 Å². The van der Waals surface area contributed by atoms with Crippen LogP contribution in [0.15, 0.2) is 30.5 Å². The van der Waals surface area contributed by atoms with E-state index in [9.17, 15) is 0 Å². The van der Waals surface area contributed by atoms with Crippen molar-refractivity contribution in [3.05, 3.63) is 35.2 Å². The Morgan fingerprint density at radius 1 is 1.23 bits per heavy atom. The van der Waals surface area contributed by atoms with Gasteiger partial charge in [-0.15, -0.1) is 0 Å². The van der Waals surface area contributed by atoms with Crippen molar-refractivity contribution in [2.75, 3.05) is 0 Å². The Kier molecular flexibility index (Phi) is 1.19. The maximum absolute atomic E-state index is 5.16. The number of nitrogens with one attached hydrogen (secondary N) is 2. The maximum atomic E-state index is 5.16. The summed E-state index contributed by atoms with van der Waals surface area (Å²) in [4.78, 5) is 6.26. The van der Waals surface area contributed by atoms with Gasteiger partial charge in [-0.05, 0) is 24.4 Å². The van der Waals surface area contributed by atoms with E-state index in [-0.39, 0.29) is 0 Å². The van der Waals surface area contributed by atoms with Gasteiger partial charge in [0, 0.05) is 6.20 Å². The van der Waals surface area contributed by atoms with Crippen molar-refractivity contribution in [3.8, 4) is 0 Å². The predicted molar refractivity (Wildman–Crippen MR) is 54.4 cm³/mol. The predicted octanol–water partition coefficient (Wildman–Crippen LogP) is 2.48. The van der Waals surface area contributed by atoms with Gasteiger partial charge in [-0.25, -0.2) is 0 Å². The van der Waals surface area contributed by atoms with Crippen molar-refractivity contribution in [3.63, 3.8) is 0 Å². The van der Waals surface area contributed by atoms with Crippen molar-refractivity contribution in [2.24, 2.45) is 0 Å². The first-order chi connectivity index (χ1) is 6.36. The summed E-state index contributed by atoms with van der Waals surface area (Å²) in [6.07, 6.45) is 1.88. The van der Waals surface area contributed by atoms with Gasteiger partial charge < -0.3 is 9.97 Å². The number of benzene rings is 1. The molecule has 0 radical (unpaired) electrons. The highest BCUT2D eigenvalue weighted by Crippen LogP contribution is 2.15. The van der Waals surface area contributed by atoms with Crippen LogP contribution in [0.4, 0.5) is 0 Å². The van der Waals surface area contributed by atoms with E-state index in [1.807, 2.05) is 34.9 Å². The van der Waals surface area contributed by atoms with E-state index in [0.29, 0.717) is 0 Å². The average molecular weight is 189 g/mol. The van der Waals surface area contributed by atoms with Gasteiger partial charge >= 0.3 is 0 Å². The normalized spacial score (nSPS) is 11.4. The fourth-order valence-electron chi connectivity index (χ4n) is 1.61. The van der Waals surface area contributed by atoms with Crippen LogP contribution < -0.4 is 0 Å². The maximum Gasteiger partial charge on any atom is 0.183 e. The molecule has 2 N–H and O–H groups in total. The van der Waals surface area contributed by atoms with E-state index in [1.54, 1.807) is 0 Å². The van der Waals surface area contributed by atoms with Crippen LogP contribution in [0.3, 0.4) is 0 Å². The summed E-state index contributed by atoms with van der Waals surface area (Å²) in [7, 11) is 0. The number of aromatic nitrogens is 3. The molecule has 0 unspecified atom stereocenters. The zero-order valence-electron chi connectivity index (χ0n) is 6.74. The van der Waals surface area contributed by atoms with E-state index in [1.165, 1.54) is 0 Å². The SMILES string of the molecule is S=c1[nH]cc2[nH]c3ccccc3n12. The Morgan fingerprint density at radius 2 is 2.08 bits per heavy atom. The second-order valence-corrected chi connectivity index (χ2v) is 3.34. The molecule has 3 aromatic rings. The Morgan fingerprint density at radius 3 is 3.00 bits per heavy atom.